The maximum absolute atomic E-state index is 11.8. The first-order valence-electron chi connectivity index (χ1n) is 6.56. The van der Waals surface area contributed by atoms with Crippen LogP contribution in [0.25, 0.3) is 6.08 Å². The molecule has 2 aromatic rings. The molecule has 0 spiro atoms. The largest absolute Gasteiger partial charge is 0.450 e. The van der Waals surface area contributed by atoms with E-state index in [2.05, 4.69) is 21.2 Å². The fourth-order valence-electron chi connectivity index (χ4n) is 1.88. The van der Waals surface area contributed by atoms with E-state index < -0.39 is 0 Å². The molecule has 0 bridgehead atoms. The Balaban J connectivity index is 1.89. The average molecular weight is 350 g/mol. The van der Waals surface area contributed by atoms with Gasteiger partial charge in [0.05, 0.1) is 12.6 Å². The zero-order valence-electron chi connectivity index (χ0n) is 11.3. The summed E-state index contributed by atoms with van der Waals surface area (Å²) in [5.41, 5.74) is 1.07. The lowest BCUT2D eigenvalue weighted by Crippen LogP contribution is -2.38. The van der Waals surface area contributed by atoms with Gasteiger partial charge >= 0.3 is 0 Å². The van der Waals surface area contributed by atoms with Gasteiger partial charge in [-0.05, 0) is 46.1 Å². The van der Waals surface area contributed by atoms with Gasteiger partial charge in [-0.15, -0.1) is 0 Å². The minimum atomic E-state index is -0.312. The van der Waals surface area contributed by atoms with Crippen LogP contribution in [0.2, 0.25) is 0 Å². The molecule has 0 fully saturated rings. The summed E-state index contributed by atoms with van der Waals surface area (Å²) in [5, 5.41) is 12.1. The second kappa shape index (κ2) is 7.81. The topological polar surface area (TPSA) is 62.5 Å². The van der Waals surface area contributed by atoms with E-state index in [-0.39, 0.29) is 18.6 Å². The highest BCUT2D eigenvalue weighted by molar-refractivity contribution is 9.10. The molecular formula is C16H16BrNO3. The Hall–Kier alpha value is -1.85. The molecule has 1 aromatic carbocycles. The Labute approximate surface area is 131 Å². The number of benzene rings is 1. The summed E-state index contributed by atoms with van der Waals surface area (Å²) < 4.78 is 5.87. The van der Waals surface area contributed by atoms with Crippen LogP contribution in [-0.4, -0.2) is 23.7 Å². The fourth-order valence-corrected chi connectivity index (χ4v) is 2.20. The molecule has 21 heavy (non-hydrogen) atoms. The van der Waals surface area contributed by atoms with Gasteiger partial charge in [-0.1, -0.05) is 30.3 Å². The van der Waals surface area contributed by atoms with Crippen LogP contribution in [0, 0.1) is 0 Å². The number of carbonyl (C=O) groups is 1. The van der Waals surface area contributed by atoms with Gasteiger partial charge in [-0.2, -0.15) is 0 Å². The van der Waals surface area contributed by atoms with E-state index in [1.54, 1.807) is 18.2 Å². The van der Waals surface area contributed by atoms with Crippen molar-refractivity contribution in [1.29, 1.82) is 0 Å². The summed E-state index contributed by atoms with van der Waals surface area (Å²) in [4.78, 5) is 11.8. The van der Waals surface area contributed by atoms with E-state index in [0.29, 0.717) is 16.9 Å². The molecule has 5 heteroatoms. The Morgan fingerprint density at radius 3 is 2.67 bits per heavy atom. The van der Waals surface area contributed by atoms with E-state index in [1.165, 1.54) is 6.08 Å². The zero-order chi connectivity index (χ0) is 15.1. The van der Waals surface area contributed by atoms with Crippen molar-refractivity contribution in [2.45, 2.75) is 12.5 Å². The number of aliphatic hydroxyl groups is 1. The third-order valence-electron chi connectivity index (χ3n) is 2.88. The summed E-state index contributed by atoms with van der Waals surface area (Å²) >= 11 is 3.19. The molecule has 1 atom stereocenters. The van der Waals surface area contributed by atoms with Crippen LogP contribution in [-0.2, 0) is 11.2 Å². The van der Waals surface area contributed by atoms with Crippen molar-refractivity contribution < 1.29 is 14.3 Å². The van der Waals surface area contributed by atoms with Gasteiger partial charge in [0.25, 0.3) is 0 Å². The smallest absolute Gasteiger partial charge is 0.244 e. The number of hydrogen-bond donors (Lipinski definition) is 2. The first-order chi connectivity index (χ1) is 10.2. The van der Waals surface area contributed by atoms with E-state index in [1.807, 2.05) is 30.3 Å². The zero-order valence-corrected chi connectivity index (χ0v) is 12.9. The molecule has 0 aliphatic heterocycles. The van der Waals surface area contributed by atoms with E-state index in [0.717, 1.165) is 5.56 Å². The van der Waals surface area contributed by atoms with E-state index >= 15 is 0 Å². The van der Waals surface area contributed by atoms with Crippen molar-refractivity contribution in [2.24, 2.45) is 0 Å². The monoisotopic (exact) mass is 349 g/mol. The Bertz CT molecular complexity index is 607. The van der Waals surface area contributed by atoms with Crippen molar-refractivity contribution in [2.75, 3.05) is 6.61 Å². The molecule has 2 N–H and O–H groups in total. The molecule has 0 radical (unpaired) electrons. The molecule has 0 saturated heterocycles. The van der Waals surface area contributed by atoms with Crippen molar-refractivity contribution >= 4 is 27.9 Å². The molecule has 0 saturated carbocycles. The highest BCUT2D eigenvalue weighted by Gasteiger charge is 2.10. The fraction of sp³-hybridized carbons (Fsp3) is 0.188. The van der Waals surface area contributed by atoms with Gasteiger partial charge in [-0.3, -0.25) is 4.79 Å². The van der Waals surface area contributed by atoms with E-state index in [9.17, 15) is 9.90 Å². The maximum atomic E-state index is 11.8. The van der Waals surface area contributed by atoms with Crippen LogP contribution in [0.4, 0.5) is 0 Å². The van der Waals surface area contributed by atoms with Gasteiger partial charge in [-0.25, -0.2) is 0 Å². The minimum absolute atomic E-state index is 0.110. The lowest BCUT2D eigenvalue weighted by molar-refractivity contribution is -0.117. The summed E-state index contributed by atoms with van der Waals surface area (Å²) in [6.07, 6.45) is 3.55. The second-order valence-electron chi connectivity index (χ2n) is 4.55. The number of amides is 1. The third-order valence-corrected chi connectivity index (χ3v) is 3.31. The predicted octanol–water partition coefficient (Wildman–Crippen LogP) is 2.78. The van der Waals surface area contributed by atoms with Crippen molar-refractivity contribution in [3.63, 3.8) is 0 Å². The molecule has 1 amide bonds. The molecule has 0 unspecified atom stereocenters. The first kappa shape index (κ1) is 15.5. The maximum Gasteiger partial charge on any atom is 0.244 e. The van der Waals surface area contributed by atoms with Crippen molar-refractivity contribution in [1.82, 2.24) is 5.32 Å². The first-order valence-corrected chi connectivity index (χ1v) is 7.35. The third kappa shape index (κ3) is 5.21. The average Bonchev–Trinajstić information content (AvgIpc) is 2.91. The number of carbonyl (C=O) groups excluding carboxylic acids is 1. The molecule has 110 valence electrons. The van der Waals surface area contributed by atoms with Gasteiger partial charge < -0.3 is 14.8 Å². The van der Waals surface area contributed by atoms with Crippen LogP contribution < -0.4 is 5.32 Å². The summed E-state index contributed by atoms with van der Waals surface area (Å²) in [5.74, 6) is 0.318. The van der Waals surface area contributed by atoms with E-state index in [4.69, 9.17) is 4.42 Å². The Morgan fingerprint density at radius 2 is 2.05 bits per heavy atom. The lowest BCUT2D eigenvalue weighted by Gasteiger charge is -2.15. The van der Waals surface area contributed by atoms with Gasteiger partial charge in [0, 0.05) is 6.08 Å². The molecule has 1 heterocycles. The Morgan fingerprint density at radius 1 is 1.29 bits per heavy atom. The molecule has 2 rings (SSSR count). The van der Waals surface area contributed by atoms with Crippen LogP contribution >= 0.6 is 15.9 Å². The van der Waals surface area contributed by atoms with Crippen LogP contribution in [0.5, 0.6) is 0 Å². The number of rotatable bonds is 6. The summed E-state index contributed by atoms with van der Waals surface area (Å²) in [6.45, 7) is -0.110. The number of hydrogen-bond acceptors (Lipinski definition) is 3. The molecular weight excluding hydrogens is 334 g/mol. The number of aliphatic hydroxyl groups excluding tert-OH is 1. The lowest BCUT2D eigenvalue weighted by atomic mass is 10.1. The predicted molar refractivity (Wildman–Crippen MR) is 84.6 cm³/mol. The number of halogens is 1. The van der Waals surface area contributed by atoms with Crippen molar-refractivity contribution in [3.05, 3.63) is 64.5 Å². The standard InChI is InChI=1S/C16H16BrNO3/c17-15-8-6-14(21-15)7-9-16(20)18-13(11-19)10-12-4-2-1-3-5-12/h1-9,13,19H,10-11H2,(H,18,20)/b9-7+/t13-/m0/s1. The molecule has 0 aliphatic carbocycles. The van der Waals surface area contributed by atoms with Crippen LogP contribution in [0.15, 0.2) is 57.6 Å². The highest BCUT2D eigenvalue weighted by atomic mass is 79.9. The van der Waals surface area contributed by atoms with Crippen LogP contribution in [0.3, 0.4) is 0 Å². The molecule has 1 aromatic heterocycles. The summed E-state index contributed by atoms with van der Waals surface area (Å²) in [6, 6.07) is 12.9. The van der Waals surface area contributed by atoms with Gasteiger partial charge in [0.15, 0.2) is 4.67 Å². The van der Waals surface area contributed by atoms with Crippen molar-refractivity contribution in [3.8, 4) is 0 Å². The number of nitrogens with one attached hydrogen (secondary N) is 1. The van der Waals surface area contributed by atoms with Gasteiger partial charge in [0.2, 0.25) is 5.91 Å². The molecule has 0 aliphatic rings. The minimum Gasteiger partial charge on any atom is -0.450 e. The summed E-state index contributed by atoms with van der Waals surface area (Å²) in [7, 11) is 0. The Kier molecular flexibility index (Phi) is 5.78. The SMILES string of the molecule is O=C(/C=C/c1ccc(Br)o1)N[C@H](CO)Cc1ccccc1. The quantitative estimate of drug-likeness (QED) is 0.788. The molecule has 4 nitrogen and oxygen atoms in total. The van der Waals surface area contributed by atoms with Gasteiger partial charge in [0.1, 0.15) is 5.76 Å². The highest BCUT2D eigenvalue weighted by Crippen LogP contribution is 2.14. The number of furan rings is 1. The van der Waals surface area contributed by atoms with Crippen LogP contribution in [0.1, 0.15) is 11.3 Å². The second-order valence-corrected chi connectivity index (χ2v) is 5.33. The normalized spacial score (nSPS) is 12.5.